The molecule has 2 aromatic rings. The molecule has 7 nitrogen and oxygen atoms in total. The van der Waals surface area contributed by atoms with Crippen molar-refractivity contribution >= 4 is 33.0 Å². The van der Waals surface area contributed by atoms with Crippen molar-refractivity contribution in [2.45, 2.75) is 64.9 Å². The Morgan fingerprint density at radius 1 is 1.09 bits per heavy atom. The summed E-state index contributed by atoms with van der Waals surface area (Å²) >= 11 is 1.41. The molecule has 0 aliphatic carbocycles. The number of esters is 1. The molecular formula is C24H36N2O5S2. The molecule has 184 valence electrons. The molecule has 0 saturated heterocycles. The minimum absolute atomic E-state index is 0.298. The van der Waals surface area contributed by atoms with Crippen molar-refractivity contribution in [3.63, 3.8) is 0 Å². The first kappa shape index (κ1) is 27.3. The highest BCUT2D eigenvalue weighted by Gasteiger charge is 2.18. The summed E-state index contributed by atoms with van der Waals surface area (Å²) in [7, 11) is -3.53. The lowest BCUT2D eigenvalue weighted by atomic mass is 10.0. The Morgan fingerprint density at radius 3 is 2.45 bits per heavy atom. The Balaban J connectivity index is 1.90. The quantitative estimate of drug-likeness (QED) is 0.208. The summed E-state index contributed by atoms with van der Waals surface area (Å²) in [5.74, 6) is -0.298. The van der Waals surface area contributed by atoms with E-state index in [0.717, 1.165) is 48.8 Å². The Bertz CT molecular complexity index is 957. The van der Waals surface area contributed by atoms with E-state index in [9.17, 15) is 18.3 Å². The molecule has 2 N–H and O–H groups in total. The lowest BCUT2D eigenvalue weighted by Crippen LogP contribution is -2.43. The Labute approximate surface area is 201 Å². The predicted molar refractivity (Wildman–Crippen MR) is 134 cm³/mol. The van der Waals surface area contributed by atoms with E-state index in [0.29, 0.717) is 36.6 Å². The van der Waals surface area contributed by atoms with Gasteiger partial charge in [0.05, 0.1) is 24.7 Å². The van der Waals surface area contributed by atoms with Gasteiger partial charge in [0.25, 0.3) is 0 Å². The van der Waals surface area contributed by atoms with Crippen LogP contribution in [0.5, 0.6) is 0 Å². The first-order valence-electron chi connectivity index (χ1n) is 11.5. The first-order chi connectivity index (χ1) is 15.8. The number of aliphatic hydroxyl groups excluding tert-OH is 1. The smallest absolute Gasteiger partial charge is 0.348 e. The highest BCUT2D eigenvalue weighted by atomic mass is 32.2. The summed E-state index contributed by atoms with van der Waals surface area (Å²) in [6.45, 7) is 4.93. The van der Waals surface area contributed by atoms with Crippen LogP contribution in [0, 0.1) is 0 Å². The average Bonchev–Trinajstić information content (AvgIpc) is 3.26. The third-order valence-corrected chi connectivity index (χ3v) is 7.21. The van der Waals surface area contributed by atoms with E-state index in [1.165, 1.54) is 15.8 Å². The molecular weight excluding hydrogens is 460 g/mol. The van der Waals surface area contributed by atoms with Crippen LogP contribution in [-0.2, 0) is 21.2 Å². The third-order valence-electron chi connectivity index (χ3n) is 5.08. The van der Waals surface area contributed by atoms with E-state index in [1.54, 1.807) is 30.3 Å². The van der Waals surface area contributed by atoms with Crippen LogP contribution in [0.25, 0.3) is 0 Å². The molecule has 1 aromatic heterocycles. The van der Waals surface area contributed by atoms with Crippen LogP contribution >= 0.6 is 11.3 Å². The molecule has 0 aliphatic heterocycles. The summed E-state index contributed by atoms with van der Waals surface area (Å²) in [5, 5.41) is 10.3. The average molecular weight is 497 g/mol. The molecule has 0 spiro atoms. The number of aliphatic hydroxyl groups is 1. The van der Waals surface area contributed by atoms with Gasteiger partial charge in [0.15, 0.2) is 0 Å². The zero-order chi connectivity index (χ0) is 24.3. The van der Waals surface area contributed by atoms with E-state index in [-0.39, 0.29) is 5.97 Å². The van der Waals surface area contributed by atoms with Gasteiger partial charge in [-0.3, -0.25) is 0 Å². The maximum atomic E-state index is 12.3. The molecule has 0 fully saturated rings. The zero-order valence-electron chi connectivity index (χ0n) is 19.7. The Morgan fingerprint density at radius 2 is 1.82 bits per heavy atom. The third kappa shape index (κ3) is 9.08. The molecule has 2 rings (SSSR count). The van der Waals surface area contributed by atoms with Gasteiger partial charge in [-0.15, -0.1) is 11.3 Å². The monoisotopic (exact) mass is 496 g/mol. The second-order valence-electron chi connectivity index (χ2n) is 8.04. The highest BCUT2D eigenvalue weighted by molar-refractivity contribution is 7.92. The van der Waals surface area contributed by atoms with E-state index in [1.807, 2.05) is 13.0 Å². The van der Waals surface area contributed by atoms with Crippen LogP contribution in [0.2, 0.25) is 0 Å². The lowest BCUT2D eigenvalue weighted by molar-refractivity contribution is 0.0511. The van der Waals surface area contributed by atoms with E-state index < -0.39 is 16.1 Å². The van der Waals surface area contributed by atoms with Crippen molar-refractivity contribution < 1.29 is 23.1 Å². The van der Waals surface area contributed by atoms with Crippen LogP contribution < -0.4 is 9.84 Å². The van der Waals surface area contributed by atoms with E-state index in [2.05, 4.69) is 12.3 Å². The second-order valence-corrected chi connectivity index (χ2v) is 11.0. The fraction of sp³-hybridized carbons (Fsp3) is 0.542. The molecule has 1 unspecified atom stereocenters. The van der Waals surface area contributed by atoms with Crippen molar-refractivity contribution in [2.24, 2.45) is 0 Å². The molecule has 0 amide bonds. The number of rotatable bonds is 15. The summed E-state index contributed by atoms with van der Waals surface area (Å²) in [4.78, 5) is 13.6. The number of aryl methyl sites for hydroxylation is 1. The van der Waals surface area contributed by atoms with Gasteiger partial charge < -0.3 is 9.84 Å². The van der Waals surface area contributed by atoms with Crippen LogP contribution in [0.3, 0.4) is 0 Å². The molecule has 0 saturated carbocycles. The van der Waals surface area contributed by atoms with Gasteiger partial charge in [-0.1, -0.05) is 45.2 Å². The number of thiophene rings is 1. The van der Waals surface area contributed by atoms with Gasteiger partial charge in [0, 0.05) is 11.4 Å². The number of nitrogens with zero attached hydrogens (tertiary/aromatic N) is 1. The molecule has 1 aromatic carbocycles. The SMILES string of the molecule is CCCCCC(O)c1ccc(N(NCCCc2ccc(C(=O)OCCC)s2)S(C)(=O)=O)cc1. The summed E-state index contributed by atoms with van der Waals surface area (Å²) < 4.78 is 31.0. The number of unbranched alkanes of at least 4 members (excludes halogenated alkanes) is 2. The first-order valence-corrected chi connectivity index (χ1v) is 14.2. The minimum Gasteiger partial charge on any atom is -0.462 e. The number of hydrogen-bond donors (Lipinski definition) is 2. The molecule has 0 bridgehead atoms. The van der Waals surface area contributed by atoms with Gasteiger partial charge in [-0.25, -0.2) is 23.1 Å². The number of sulfonamides is 1. The van der Waals surface area contributed by atoms with Crippen LogP contribution in [0.1, 0.15) is 78.6 Å². The number of carbonyl (C=O) groups excluding carboxylic acids is 1. The van der Waals surface area contributed by atoms with E-state index in [4.69, 9.17) is 4.74 Å². The topological polar surface area (TPSA) is 95.9 Å². The van der Waals surface area contributed by atoms with Crippen molar-refractivity contribution in [1.29, 1.82) is 0 Å². The van der Waals surface area contributed by atoms with Crippen LogP contribution in [0.4, 0.5) is 5.69 Å². The molecule has 1 heterocycles. The fourth-order valence-electron chi connectivity index (χ4n) is 3.32. The maximum absolute atomic E-state index is 12.3. The van der Waals surface area contributed by atoms with Crippen molar-refractivity contribution in [3.05, 3.63) is 51.7 Å². The van der Waals surface area contributed by atoms with Crippen LogP contribution in [0.15, 0.2) is 36.4 Å². The highest BCUT2D eigenvalue weighted by Crippen LogP contribution is 2.24. The van der Waals surface area contributed by atoms with Gasteiger partial charge in [-0.2, -0.15) is 0 Å². The van der Waals surface area contributed by atoms with Crippen LogP contribution in [-0.4, -0.2) is 38.9 Å². The number of nitrogens with one attached hydrogen (secondary N) is 1. The molecule has 9 heteroatoms. The largest absolute Gasteiger partial charge is 0.462 e. The van der Waals surface area contributed by atoms with Crippen molar-refractivity contribution in [1.82, 2.24) is 5.43 Å². The van der Waals surface area contributed by atoms with Gasteiger partial charge in [0.1, 0.15) is 4.88 Å². The van der Waals surface area contributed by atoms with Gasteiger partial charge in [-0.05, 0) is 55.5 Å². The summed E-state index contributed by atoms with van der Waals surface area (Å²) in [5.41, 5.74) is 4.28. The molecule has 0 radical (unpaired) electrons. The summed E-state index contributed by atoms with van der Waals surface area (Å²) in [6.07, 6.45) is 6.65. The zero-order valence-corrected chi connectivity index (χ0v) is 21.4. The number of anilines is 1. The molecule has 1 atom stereocenters. The number of hydrazine groups is 1. The number of benzene rings is 1. The molecule has 33 heavy (non-hydrogen) atoms. The van der Waals surface area contributed by atoms with Gasteiger partial charge in [0.2, 0.25) is 10.0 Å². The number of carbonyl (C=O) groups is 1. The van der Waals surface area contributed by atoms with Gasteiger partial charge >= 0.3 is 5.97 Å². The lowest BCUT2D eigenvalue weighted by Gasteiger charge is -2.23. The van der Waals surface area contributed by atoms with E-state index >= 15 is 0 Å². The summed E-state index contributed by atoms with van der Waals surface area (Å²) in [6, 6.07) is 10.6. The Kier molecular flexibility index (Phi) is 11.3. The number of hydrogen-bond acceptors (Lipinski definition) is 7. The second kappa shape index (κ2) is 13.7. The fourth-order valence-corrected chi connectivity index (χ4v) is 5.09. The van der Waals surface area contributed by atoms with Crippen molar-refractivity contribution in [2.75, 3.05) is 23.8 Å². The predicted octanol–water partition coefficient (Wildman–Crippen LogP) is 4.83. The Hall–Kier alpha value is -1.94. The minimum atomic E-state index is -3.53. The normalized spacial score (nSPS) is 12.5. The number of ether oxygens (including phenoxy) is 1. The molecule has 0 aliphatic rings. The van der Waals surface area contributed by atoms with Crippen molar-refractivity contribution in [3.8, 4) is 0 Å². The maximum Gasteiger partial charge on any atom is 0.348 e. The standard InChI is InChI=1S/C24H36N2O5S2/c1-4-6-7-10-22(27)19-11-13-20(14-12-19)26(33(3,29)30)25-17-8-9-21-15-16-23(32-21)24(28)31-18-5-2/h11-16,22,25,27H,4-10,17-18H2,1-3H3.